The Labute approximate surface area is 112 Å². The Morgan fingerprint density at radius 1 is 1.42 bits per heavy atom. The van der Waals surface area contributed by atoms with Crippen LogP contribution < -0.4 is 10.6 Å². The Morgan fingerprint density at radius 2 is 2.21 bits per heavy atom. The highest BCUT2D eigenvalue weighted by atomic mass is 16.4. The van der Waals surface area contributed by atoms with Gasteiger partial charge in [0.05, 0.1) is 17.2 Å². The van der Waals surface area contributed by atoms with E-state index in [0.29, 0.717) is 17.8 Å². The van der Waals surface area contributed by atoms with Gasteiger partial charge >= 0.3 is 5.97 Å². The molecule has 3 N–H and O–H groups in total. The number of aromatic carboxylic acids is 1. The van der Waals surface area contributed by atoms with Gasteiger partial charge < -0.3 is 15.7 Å². The first-order valence-corrected chi connectivity index (χ1v) is 6.44. The van der Waals surface area contributed by atoms with Crippen LogP contribution in [-0.2, 0) is 4.79 Å². The van der Waals surface area contributed by atoms with Crippen molar-refractivity contribution in [1.29, 1.82) is 0 Å². The highest BCUT2D eigenvalue weighted by Crippen LogP contribution is 2.21. The number of hydrogen-bond donors (Lipinski definition) is 3. The van der Waals surface area contributed by atoms with Crippen LogP contribution in [0.25, 0.3) is 0 Å². The summed E-state index contributed by atoms with van der Waals surface area (Å²) in [6.07, 6.45) is 1.81. The largest absolute Gasteiger partial charge is 0.478 e. The van der Waals surface area contributed by atoms with Crippen molar-refractivity contribution < 1.29 is 14.7 Å². The lowest BCUT2D eigenvalue weighted by molar-refractivity contribution is -0.120. The summed E-state index contributed by atoms with van der Waals surface area (Å²) in [5, 5.41) is 15.1. The monoisotopic (exact) mass is 262 g/mol. The molecule has 5 nitrogen and oxygen atoms in total. The SMILES string of the molecule is Cc1cccc(NC(=O)C2CCCNC2)c1C(=O)O. The Kier molecular flexibility index (Phi) is 4.16. The van der Waals surface area contributed by atoms with Gasteiger partial charge in [0, 0.05) is 6.54 Å². The first-order chi connectivity index (χ1) is 9.09. The van der Waals surface area contributed by atoms with Gasteiger partial charge in [0.15, 0.2) is 0 Å². The van der Waals surface area contributed by atoms with Crippen molar-refractivity contribution in [3.8, 4) is 0 Å². The molecule has 1 aromatic rings. The van der Waals surface area contributed by atoms with Crippen molar-refractivity contribution in [3.05, 3.63) is 29.3 Å². The maximum Gasteiger partial charge on any atom is 0.338 e. The summed E-state index contributed by atoms with van der Waals surface area (Å²) in [7, 11) is 0. The predicted octanol–water partition coefficient (Wildman–Crippen LogP) is 1.63. The Balaban J connectivity index is 2.16. The summed E-state index contributed by atoms with van der Waals surface area (Å²) in [5.74, 6) is -1.22. The summed E-state index contributed by atoms with van der Waals surface area (Å²) in [5.41, 5.74) is 1.19. The third-order valence-corrected chi connectivity index (χ3v) is 3.41. The lowest BCUT2D eigenvalue weighted by atomic mass is 9.98. The lowest BCUT2D eigenvalue weighted by Crippen LogP contribution is -2.37. The van der Waals surface area contributed by atoms with Gasteiger partial charge in [0.2, 0.25) is 5.91 Å². The number of benzene rings is 1. The second-order valence-corrected chi connectivity index (χ2v) is 4.84. The molecule has 1 heterocycles. The molecule has 0 aliphatic carbocycles. The zero-order valence-electron chi connectivity index (χ0n) is 10.9. The number of nitrogens with one attached hydrogen (secondary N) is 2. The normalized spacial score (nSPS) is 18.9. The molecule has 19 heavy (non-hydrogen) atoms. The number of rotatable bonds is 3. The van der Waals surface area contributed by atoms with Crippen LogP contribution in [0.1, 0.15) is 28.8 Å². The van der Waals surface area contributed by atoms with Crippen LogP contribution in [-0.4, -0.2) is 30.1 Å². The molecule has 1 aromatic carbocycles. The van der Waals surface area contributed by atoms with Gasteiger partial charge in [-0.1, -0.05) is 12.1 Å². The van der Waals surface area contributed by atoms with Crippen LogP contribution in [0.4, 0.5) is 5.69 Å². The van der Waals surface area contributed by atoms with Gasteiger partial charge in [-0.3, -0.25) is 4.79 Å². The van der Waals surface area contributed by atoms with Crippen LogP contribution in [0.15, 0.2) is 18.2 Å². The number of anilines is 1. The molecular formula is C14H18N2O3. The second kappa shape index (κ2) is 5.84. The number of carboxylic acid groups (broad SMARTS) is 1. The van der Waals surface area contributed by atoms with E-state index in [2.05, 4.69) is 10.6 Å². The van der Waals surface area contributed by atoms with Crippen LogP contribution in [0.5, 0.6) is 0 Å². The number of amides is 1. The van der Waals surface area contributed by atoms with E-state index in [1.165, 1.54) is 0 Å². The van der Waals surface area contributed by atoms with E-state index >= 15 is 0 Å². The van der Waals surface area contributed by atoms with Crippen molar-refractivity contribution >= 4 is 17.6 Å². The van der Waals surface area contributed by atoms with Gasteiger partial charge in [-0.25, -0.2) is 4.79 Å². The lowest BCUT2D eigenvalue weighted by Gasteiger charge is -2.22. The molecule has 0 radical (unpaired) electrons. The molecule has 5 heteroatoms. The molecule has 1 unspecified atom stereocenters. The first kappa shape index (κ1) is 13.5. The van der Waals surface area contributed by atoms with Crippen LogP contribution in [0.3, 0.4) is 0 Å². The molecule has 1 fully saturated rings. The summed E-state index contributed by atoms with van der Waals surface area (Å²) < 4.78 is 0. The van der Waals surface area contributed by atoms with Crippen molar-refractivity contribution in [1.82, 2.24) is 5.32 Å². The zero-order chi connectivity index (χ0) is 13.8. The topological polar surface area (TPSA) is 78.4 Å². The molecule has 1 atom stereocenters. The number of aryl methyl sites for hydroxylation is 1. The van der Waals surface area contributed by atoms with E-state index in [9.17, 15) is 14.7 Å². The number of piperidine rings is 1. The maximum absolute atomic E-state index is 12.1. The molecule has 0 spiro atoms. The Bertz CT molecular complexity index is 493. The zero-order valence-corrected chi connectivity index (χ0v) is 10.9. The van der Waals surface area contributed by atoms with Gasteiger partial charge in [-0.15, -0.1) is 0 Å². The fourth-order valence-electron chi connectivity index (χ4n) is 2.37. The van der Waals surface area contributed by atoms with E-state index in [1.807, 2.05) is 0 Å². The summed E-state index contributed by atoms with van der Waals surface area (Å²) in [6, 6.07) is 5.10. The third-order valence-electron chi connectivity index (χ3n) is 3.41. The summed E-state index contributed by atoms with van der Waals surface area (Å²) in [6.45, 7) is 3.32. The summed E-state index contributed by atoms with van der Waals surface area (Å²) in [4.78, 5) is 23.3. The van der Waals surface area contributed by atoms with E-state index in [-0.39, 0.29) is 17.4 Å². The van der Waals surface area contributed by atoms with Crippen molar-refractivity contribution in [2.45, 2.75) is 19.8 Å². The van der Waals surface area contributed by atoms with Crippen LogP contribution in [0, 0.1) is 12.8 Å². The minimum Gasteiger partial charge on any atom is -0.478 e. The molecule has 0 saturated carbocycles. The standard InChI is InChI=1S/C14H18N2O3/c1-9-4-2-6-11(12(9)14(18)19)16-13(17)10-5-3-7-15-8-10/h2,4,6,10,15H,3,5,7-8H2,1H3,(H,16,17)(H,18,19). The highest BCUT2D eigenvalue weighted by molar-refractivity contribution is 6.02. The Morgan fingerprint density at radius 3 is 2.84 bits per heavy atom. The Hall–Kier alpha value is -1.88. The number of carbonyl (C=O) groups excluding carboxylic acids is 1. The molecule has 1 aliphatic heterocycles. The minimum absolute atomic E-state index is 0.0871. The molecule has 102 valence electrons. The van der Waals surface area contributed by atoms with E-state index in [0.717, 1.165) is 19.4 Å². The molecular weight excluding hydrogens is 244 g/mol. The van der Waals surface area contributed by atoms with Gasteiger partial charge in [-0.05, 0) is 37.9 Å². The fourth-order valence-corrected chi connectivity index (χ4v) is 2.37. The van der Waals surface area contributed by atoms with Crippen molar-refractivity contribution in [3.63, 3.8) is 0 Å². The smallest absolute Gasteiger partial charge is 0.338 e. The molecule has 1 amide bonds. The number of carbonyl (C=O) groups is 2. The van der Waals surface area contributed by atoms with Gasteiger partial charge in [-0.2, -0.15) is 0 Å². The number of hydrogen-bond acceptors (Lipinski definition) is 3. The summed E-state index contributed by atoms with van der Waals surface area (Å²) >= 11 is 0. The highest BCUT2D eigenvalue weighted by Gasteiger charge is 2.22. The molecule has 1 aliphatic rings. The van der Waals surface area contributed by atoms with Gasteiger partial charge in [0.25, 0.3) is 0 Å². The second-order valence-electron chi connectivity index (χ2n) is 4.84. The number of carboxylic acids is 1. The first-order valence-electron chi connectivity index (χ1n) is 6.44. The predicted molar refractivity (Wildman–Crippen MR) is 72.4 cm³/mol. The van der Waals surface area contributed by atoms with Crippen molar-refractivity contribution in [2.24, 2.45) is 5.92 Å². The minimum atomic E-state index is -1.02. The van der Waals surface area contributed by atoms with E-state index in [1.54, 1.807) is 25.1 Å². The third kappa shape index (κ3) is 3.12. The fraction of sp³-hybridized carbons (Fsp3) is 0.429. The molecule has 1 saturated heterocycles. The average molecular weight is 262 g/mol. The molecule has 0 bridgehead atoms. The maximum atomic E-state index is 12.1. The van der Waals surface area contributed by atoms with E-state index in [4.69, 9.17) is 0 Å². The van der Waals surface area contributed by atoms with Crippen LogP contribution >= 0.6 is 0 Å². The molecule has 2 rings (SSSR count). The quantitative estimate of drug-likeness (QED) is 0.773. The van der Waals surface area contributed by atoms with Gasteiger partial charge in [0.1, 0.15) is 0 Å². The average Bonchev–Trinajstić information content (AvgIpc) is 2.39. The van der Waals surface area contributed by atoms with Crippen LogP contribution in [0.2, 0.25) is 0 Å². The molecule has 0 aromatic heterocycles. The van der Waals surface area contributed by atoms with E-state index < -0.39 is 5.97 Å². The van der Waals surface area contributed by atoms with Crippen molar-refractivity contribution in [2.75, 3.05) is 18.4 Å².